The van der Waals surface area contributed by atoms with Crippen LogP contribution >= 0.6 is 0 Å². The smallest absolute Gasteiger partial charge is 0.323 e. The lowest BCUT2D eigenvalue weighted by Gasteiger charge is -2.10. The van der Waals surface area contributed by atoms with E-state index in [0.29, 0.717) is 0 Å². The summed E-state index contributed by atoms with van der Waals surface area (Å²) in [5, 5.41) is 0. The molecule has 6 heteroatoms. The van der Waals surface area contributed by atoms with Crippen molar-refractivity contribution in [2.24, 2.45) is 0 Å². The number of hydrogen-bond acceptors (Lipinski definition) is 4. The zero-order chi connectivity index (χ0) is 9.78. The maximum atomic E-state index is 10.9. The van der Waals surface area contributed by atoms with Crippen molar-refractivity contribution in [3.8, 4) is 0 Å². The Balaban J connectivity index is 4.19. The van der Waals surface area contributed by atoms with Crippen LogP contribution in [0.3, 0.4) is 0 Å². The molecular weight excluding hydrogens is 182 g/mol. The quantitative estimate of drug-likeness (QED) is 0.613. The summed E-state index contributed by atoms with van der Waals surface area (Å²) in [4.78, 5) is 10.8. The average Bonchev–Trinajstić information content (AvgIpc) is 2.02. The second kappa shape index (κ2) is 4.42. The number of carbonyl (C=O) groups is 1. The molecule has 0 unspecified atom stereocenters. The minimum atomic E-state index is -3.32. The number of carbonyl (C=O) groups excluding carboxylic acids is 1. The van der Waals surface area contributed by atoms with E-state index in [1.54, 1.807) is 0 Å². The molecule has 0 spiro atoms. The highest BCUT2D eigenvalue weighted by atomic mass is 32.2. The minimum absolute atomic E-state index is 0.0473. The molecule has 0 aromatic heterocycles. The first-order valence-electron chi connectivity index (χ1n) is 3.50. The fourth-order valence-corrected chi connectivity index (χ4v) is 1.38. The van der Waals surface area contributed by atoms with E-state index in [-0.39, 0.29) is 5.75 Å². The highest BCUT2D eigenvalue weighted by Crippen LogP contribution is 1.90. The molecule has 0 aliphatic carbocycles. The van der Waals surface area contributed by atoms with Gasteiger partial charge in [0.05, 0.1) is 12.9 Å². The fourth-order valence-electron chi connectivity index (χ4n) is 0.578. The van der Waals surface area contributed by atoms with Crippen molar-refractivity contribution in [2.75, 3.05) is 12.9 Å². The first-order valence-corrected chi connectivity index (χ1v) is 5.16. The van der Waals surface area contributed by atoms with Crippen LogP contribution < -0.4 is 4.72 Å². The van der Waals surface area contributed by atoms with Gasteiger partial charge >= 0.3 is 5.97 Å². The van der Waals surface area contributed by atoms with Gasteiger partial charge in [0.1, 0.15) is 6.04 Å². The maximum Gasteiger partial charge on any atom is 0.323 e. The largest absolute Gasteiger partial charge is 0.468 e. The Morgan fingerprint density at radius 3 is 2.42 bits per heavy atom. The van der Waals surface area contributed by atoms with Crippen LogP contribution in [0.15, 0.2) is 0 Å². The molecule has 0 aromatic rings. The zero-order valence-electron chi connectivity index (χ0n) is 7.33. The summed E-state index contributed by atoms with van der Waals surface area (Å²) < 4.78 is 28.3. The molecule has 0 aromatic carbocycles. The fraction of sp³-hybridized carbons (Fsp3) is 0.833. The molecule has 0 bridgehead atoms. The van der Waals surface area contributed by atoms with Crippen LogP contribution in [0, 0.1) is 0 Å². The van der Waals surface area contributed by atoms with Gasteiger partial charge in [-0.15, -0.1) is 0 Å². The van der Waals surface area contributed by atoms with Crippen molar-refractivity contribution in [3.63, 3.8) is 0 Å². The van der Waals surface area contributed by atoms with Crippen molar-refractivity contribution in [1.82, 2.24) is 4.72 Å². The van der Waals surface area contributed by atoms with E-state index in [1.807, 2.05) is 0 Å². The third-order valence-corrected chi connectivity index (χ3v) is 2.76. The first kappa shape index (κ1) is 11.4. The summed E-state index contributed by atoms with van der Waals surface area (Å²) in [6.45, 7) is 2.92. The molecule has 0 radical (unpaired) electrons. The van der Waals surface area contributed by atoms with Gasteiger partial charge in [0.15, 0.2) is 0 Å². The molecule has 1 N–H and O–H groups in total. The van der Waals surface area contributed by atoms with Crippen LogP contribution in [0.1, 0.15) is 13.8 Å². The van der Waals surface area contributed by atoms with Crippen molar-refractivity contribution < 1.29 is 17.9 Å². The van der Waals surface area contributed by atoms with Crippen LogP contribution in [0.2, 0.25) is 0 Å². The molecule has 0 saturated heterocycles. The van der Waals surface area contributed by atoms with Gasteiger partial charge in [-0.05, 0) is 13.8 Å². The van der Waals surface area contributed by atoms with Crippen LogP contribution in [-0.2, 0) is 19.6 Å². The molecule has 72 valence electrons. The van der Waals surface area contributed by atoms with E-state index >= 15 is 0 Å². The molecule has 0 amide bonds. The summed E-state index contributed by atoms with van der Waals surface area (Å²) in [6.07, 6.45) is 0. The van der Waals surface area contributed by atoms with Gasteiger partial charge in [0.25, 0.3) is 0 Å². The lowest BCUT2D eigenvalue weighted by molar-refractivity contribution is -0.142. The summed E-state index contributed by atoms with van der Waals surface area (Å²) in [5.41, 5.74) is 0. The lowest BCUT2D eigenvalue weighted by atomic mass is 10.4. The molecule has 0 fully saturated rings. The second-order valence-corrected chi connectivity index (χ2v) is 4.31. The Bertz CT molecular complexity index is 246. The molecule has 0 heterocycles. The molecule has 0 saturated carbocycles. The average molecular weight is 195 g/mol. The normalized spacial score (nSPS) is 13.9. The number of rotatable bonds is 4. The highest BCUT2D eigenvalue weighted by molar-refractivity contribution is 7.89. The Kier molecular flexibility index (Phi) is 4.19. The van der Waals surface area contributed by atoms with Crippen LogP contribution in [0.5, 0.6) is 0 Å². The van der Waals surface area contributed by atoms with Crippen LogP contribution in [0.25, 0.3) is 0 Å². The Morgan fingerprint density at radius 1 is 1.58 bits per heavy atom. The van der Waals surface area contributed by atoms with Crippen molar-refractivity contribution in [1.29, 1.82) is 0 Å². The number of methoxy groups -OCH3 is 1. The van der Waals surface area contributed by atoms with Gasteiger partial charge in [0, 0.05) is 0 Å². The zero-order valence-corrected chi connectivity index (χ0v) is 8.14. The third kappa shape index (κ3) is 3.68. The monoisotopic (exact) mass is 195 g/mol. The SMILES string of the molecule is CCS(=O)(=O)N[C@@H](C)C(=O)OC. The van der Waals surface area contributed by atoms with Crippen LogP contribution in [-0.4, -0.2) is 33.3 Å². The van der Waals surface area contributed by atoms with Gasteiger partial charge in [-0.3, -0.25) is 4.79 Å². The Morgan fingerprint density at radius 2 is 2.08 bits per heavy atom. The van der Waals surface area contributed by atoms with Crippen molar-refractivity contribution in [3.05, 3.63) is 0 Å². The minimum Gasteiger partial charge on any atom is -0.468 e. The van der Waals surface area contributed by atoms with Gasteiger partial charge in [-0.2, -0.15) is 0 Å². The maximum absolute atomic E-state index is 10.9. The van der Waals surface area contributed by atoms with E-state index in [2.05, 4.69) is 9.46 Å². The topological polar surface area (TPSA) is 72.5 Å². The molecule has 5 nitrogen and oxygen atoms in total. The van der Waals surface area contributed by atoms with Gasteiger partial charge < -0.3 is 4.74 Å². The van der Waals surface area contributed by atoms with Crippen molar-refractivity contribution >= 4 is 16.0 Å². The summed E-state index contributed by atoms with van der Waals surface area (Å²) >= 11 is 0. The standard InChI is InChI=1S/C6H13NO4S/c1-4-12(9,10)7-5(2)6(8)11-3/h5,7H,4H2,1-3H3/t5-/m0/s1. The van der Waals surface area contributed by atoms with E-state index in [4.69, 9.17) is 0 Å². The van der Waals surface area contributed by atoms with Crippen LogP contribution in [0.4, 0.5) is 0 Å². The van der Waals surface area contributed by atoms with Gasteiger partial charge in [-0.1, -0.05) is 0 Å². The molecule has 12 heavy (non-hydrogen) atoms. The molecule has 0 aliphatic heterocycles. The van der Waals surface area contributed by atoms with Crippen molar-refractivity contribution in [2.45, 2.75) is 19.9 Å². The summed E-state index contributed by atoms with van der Waals surface area (Å²) in [5.74, 6) is -0.638. The Labute approximate surface area is 72.1 Å². The molecular formula is C6H13NO4S. The van der Waals surface area contributed by atoms with E-state index in [0.717, 1.165) is 0 Å². The van der Waals surface area contributed by atoms with E-state index in [9.17, 15) is 13.2 Å². The molecule has 0 rings (SSSR count). The first-order chi connectivity index (χ1) is 5.43. The number of nitrogens with one attached hydrogen (secondary N) is 1. The second-order valence-electron chi connectivity index (χ2n) is 2.27. The number of esters is 1. The summed E-state index contributed by atoms with van der Waals surface area (Å²) in [6, 6.07) is -0.819. The van der Waals surface area contributed by atoms with E-state index in [1.165, 1.54) is 21.0 Å². The van der Waals surface area contributed by atoms with E-state index < -0.39 is 22.0 Å². The Hall–Kier alpha value is -0.620. The number of ether oxygens (including phenoxy) is 1. The number of sulfonamides is 1. The molecule has 1 atom stereocenters. The summed E-state index contributed by atoms with van der Waals surface area (Å²) in [7, 11) is -2.12. The highest BCUT2D eigenvalue weighted by Gasteiger charge is 2.18. The predicted octanol–water partition coefficient (Wildman–Crippen LogP) is -0.513. The predicted molar refractivity (Wildman–Crippen MR) is 44.1 cm³/mol. The molecule has 0 aliphatic rings. The van der Waals surface area contributed by atoms with Gasteiger partial charge in [-0.25, -0.2) is 13.1 Å². The lowest BCUT2D eigenvalue weighted by Crippen LogP contribution is -2.39. The van der Waals surface area contributed by atoms with Gasteiger partial charge in [0.2, 0.25) is 10.0 Å². The number of hydrogen-bond donors (Lipinski definition) is 1. The third-order valence-electron chi connectivity index (χ3n) is 1.29.